The Hall–Kier alpha value is -0.690. The molecular weight excluding hydrogens is 238 g/mol. The smallest absolute Gasteiger partial charge is 0.180 e. The number of nitrogens with zero attached hydrogens (tertiary/aromatic N) is 2. The second kappa shape index (κ2) is 3.91. The molecule has 94 valence electrons. The van der Waals surface area contributed by atoms with Crippen LogP contribution in [-0.2, 0) is 6.54 Å². The fourth-order valence-electron chi connectivity index (χ4n) is 3.18. The molecule has 17 heavy (non-hydrogen) atoms. The summed E-state index contributed by atoms with van der Waals surface area (Å²) < 4.78 is 0. The van der Waals surface area contributed by atoms with E-state index in [-0.39, 0.29) is 18.6 Å². The van der Waals surface area contributed by atoms with Crippen LogP contribution in [0.15, 0.2) is 6.20 Å². The molecule has 2 heterocycles. The van der Waals surface area contributed by atoms with Gasteiger partial charge in [0.05, 0.1) is 13.2 Å². The minimum atomic E-state index is -0.191. The first-order chi connectivity index (χ1) is 8.19. The molecule has 0 amide bonds. The van der Waals surface area contributed by atoms with Crippen molar-refractivity contribution >= 4 is 16.5 Å². The molecule has 1 saturated carbocycles. The quantitative estimate of drug-likeness (QED) is 0.691. The molecule has 0 spiro atoms. The van der Waals surface area contributed by atoms with Gasteiger partial charge in [-0.25, -0.2) is 4.98 Å². The zero-order chi connectivity index (χ0) is 12.0. The third kappa shape index (κ3) is 1.67. The van der Waals surface area contributed by atoms with Crippen LogP contribution in [0.25, 0.3) is 0 Å². The molecule has 2 unspecified atom stereocenters. The predicted octanol–water partition coefficient (Wildman–Crippen LogP) is -0.242. The van der Waals surface area contributed by atoms with Gasteiger partial charge in [0.2, 0.25) is 0 Å². The summed E-state index contributed by atoms with van der Waals surface area (Å²) in [5, 5.41) is 19.3. The molecule has 3 rings (SSSR count). The fraction of sp³-hybridized carbons (Fsp3) is 0.727. The number of hydrogen-bond donors (Lipinski definition) is 3. The highest BCUT2D eigenvalue weighted by atomic mass is 32.1. The molecule has 1 aromatic heterocycles. The summed E-state index contributed by atoms with van der Waals surface area (Å²) in [6, 6.07) is 0. The number of aliphatic hydroxyl groups excluding tert-OH is 2. The average Bonchev–Trinajstić information content (AvgIpc) is 2.70. The van der Waals surface area contributed by atoms with Crippen molar-refractivity contribution in [2.24, 2.45) is 17.3 Å². The summed E-state index contributed by atoms with van der Waals surface area (Å²) in [4.78, 5) is 7.58. The molecule has 2 aliphatic rings. The highest BCUT2D eigenvalue weighted by Gasteiger charge is 2.67. The maximum Gasteiger partial charge on any atom is 0.180 e. The highest BCUT2D eigenvalue weighted by Crippen LogP contribution is 2.62. The van der Waals surface area contributed by atoms with Crippen molar-refractivity contribution < 1.29 is 10.2 Å². The molecule has 1 aliphatic carbocycles. The molecule has 4 N–H and O–H groups in total. The second-order valence-corrected chi connectivity index (χ2v) is 6.27. The Balaban J connectivity index is 1.58. The number of likely N-dealkylation sites (tertiary alicyclic amines) is 1. The van der Waals surface area contributed by atoms with E-state index in [0.717, 1.165) is 19.6 Å². The topological polar surface area (TPSA) is 82.6 Å². The van der Waals surface area contributed by atoms with Crippen LogP contribution in [0.5, 0.6) is 0 Å². The predicted molar refractivity (Wildman–Crippen MR) is 65.4 cm³/mol. The molecule has 5 nitrogen and oxygen atoms in total. The Morgan fingerprint density at radius 3 is 2.53 bits per heavy atom. The van der Waals surface area contributed by atoms with E-state index in [4.69, 9.17) is 5.73 Å². The average molecular weight is 255 g/mol. The second-order valence-electron chi connectivity index (χ2n) is 5.12. The van der Waals surface area contributed by atoms with Gasteiger partial charge in [-0.05, 0) is 11.8 Å². The van der Waals surface area contributed by atoms with Gasteiger partial charge in [0, 0.05) is 36.1 Å². The van der Waals surface area contributed by atoms with Crippen molar-refractivity contribution in [3.05, 3.63) is 11.1 Å². The summed E-state index contributed by atoms with van der Waals surface area (Å²) in [5.74, 6) is 0.922. The van der Waals surface area contributed by atoms with Crippen LogP contribution >= 0.6 is 11.3 Å². The third-order valence-corrected chi connectivity index (χ3v) is 5.11. The van der Waals surface area contributed by atoms with Crippen molar-refractivity contribution in [1.82, 2.24) is 9.88 Å². The summed E-state index contributed by atoms with van der Waals surface area (Å²) in [6.07, 6.45) is 1.83. The Bertz CT molecular complexity index is 405. The van der Waals surface area contributed by atoms with E-state index in [2.05, 4.69) is 9.88 Å². The van der Waals surface area contributed by atoms with Crippen molar-refractivity contribution in [1.29, 1.82) is 0 Å². The lowest BCUT2D eigenvalue weighted by atomic mass is 10.0. The summed E-state index contributed by atoms with van der Waals surface area (Å²) in [6.45, 7) is 3.03. The Morgan fingerprint density at radius 2 is 2.06 bits per heavy atom. The number of thiazole rings is 1. The molecule has 2 fully saturated rings. The van der Waals surface area contributed by atoms with E-state index >= 15 is 0 Å². The minimum absolute atomic E-state index is 0.111. The molecule has 0 bridgehead atoms. The molecule has 1 aliphatic heterocycles. The Morgan fingerprint density at radius 1 is 1.41 bits per heavy atom. The van der Waals surface area contributed by atoms with Crippen LogP contribution in [0.1, 0.15) is 4.88 Å². The van der Waals surface area contributed by atoms with E-state index in [1.54, 1.807) is 0 Å². The van der Waals surface area contributed by atoms with Gasteiger partial charge in [-0.3, -0.25) is 4.90 Å². The zero-order valence-electron chi connectivity index (χ0n) is 9.54. The van der Waals surface area contributed by atoms with Gasteiger partial charge in [-0.2, -0.15) is 0 Å². The number of nitrogen functional groups attached to an aromatic ring is 1. The zero-order valence-corrected chi connectivity index (χ0v) is 10.4. The number of anilines is 1. The van der Waals surface area contributed by atoms with E-state index < -0.39 is 0 Å². The Kier molecular flexibility index (Phi) is 2.62. The SMILES string of the molecule is Nc1ncc(CN2CC3C(C2)C3(CO)CO)s1. The molecule has 1 aromatic rings. The first-order valence-corrected chi connectivity index (χ1v) is 6.65. The van der Waals surface area contributed by atoms with Crippen LogP contribution in [-0.4, -0.2) is 46.4 Å². The molecule has 2 atom stereocenters. The monoisotopic (exact) mass is 255 g/mol. The maximum atomic E-state index is 9.34. The van der Waals surface area contributed by atoms with E-state index in [1.807, 2.05) is 6.20 Å². The number of piperidine rings is 1. The van der Waals surface area contributed by atoms with Crippen molar-refractivity contribution in [2.75, 3.05) is 32.0 Å². The first-order valence-electron chi connectivity index (χ1n) is 5.84. The van der Waals surface area contributed by atoms with E-state index in [0.29, 0.717) is 17.0 Å². The van der Waals surface area contributed by atoms with E-state index in [9.17, 15) is 10.2 Å². The number of hydrogen-bond acceptors (Lipinski definition) is 6. The number of aliphatic hydroxyl groups is 2. The summed E-state index contributed by atoms with van der Waals surface area (Å²) in [5.41, 5.74) is 5.41. The van der Waals surface area contributed by atoms with Crippen molar-refractivity contribution in [2.45, 2.75) is 6.54 Å². The van der Waals surface area contributed by atoms with Crippen molar-refractivity contribution in [3.8, 4) is 0 Å². The number of aromatic nitrogens is 1. The third-order valence-electron chi connectivity index (χ3n) is 4.30. The normalized spacial score (nSPS) is 30.5. The summed E-state index contributed by atoms with van der Waals surface area (Å²) >= 11 is 1.53. The largest absolute Gasteiger partial charge is 0.396 e. The van der Waals surface area contributed by atoms with E-state index in [1.165, 1.54) is 16.2 Å². The van der Waals surface area contributed by atoms with Crippen LogP contribution in [0, 0.1) is 17.3 Å². The Labute approximate surface area is 104 Å². The highest BCUT2D eigenvalue weighted by molar-refractivity contribution is 7.15. The number of fused-ring (bicyclic) bond motifs is 1. The van der Waals surface area contributed by atoms with Crippen LogP contribution in [0.3, 0.4) is 0 Å². The lowest BCUT2D eigenvalue weighted by Crippen LogP contribution is -2.31. The molecule has 0 aromatic carbocycles. The molecule has 0 radical (unpaired) electrons. The lowest BCUT2D eigenvalue weighted by Gasteiger charge is -2.23. The number of rotatable bonds is 4. The molecule has 6 heteroatoms. The standard InChI is InChI=1S/C11H17N3O2S/c12-10-13-1-7(17-10)2-14-3-8-9(4-14)11(8,5-15)6-16/h1,8-9,15-16H,2-6H2,(H2,12,13). The van der Waals surface area contributed by atoms with Gasteiger partial charge in [-0.1, -0.05) is 0 Å². The molecular formula is C11H17N3O2S. The van der Waals surface area contributed by atoms with Crippen LogP contribution in [0.2, 0.25) is 0 Å². The van der Waals surface area contributed by atoms with Gasteiger partial charge < -0.3 is 15.9 Å². The number of nitrogens with two attached hydrogens (primary N) is 1. The van der Waals surface area contributed by atoms with Gasteiger partial charge >= 0.3 is 0 Å². The van der Waals surface area contributed by atoms with Crippen LogP contribution in [0.4, 0.5) is 5.13 Å². The lowest BCUT2D eigenvalue weighted by molar-refractivity contribution is 0.0870. The summed E-state index contributed by atoms with van der Waals surface area (Å²) in [7, 11) is 0. The van der Waals surface area contributed by atoms with Gasteiger partial charge in [0.15, 0.2) is 5.13 Å². The van der Waals surface area contributed by atoms with Crippen molar-refractivity contribution in [3.63, 3.8) is 0 Å². The molecule has 1 saturated heterocycles. The van der Waals surface area contributed by atoms with Gasteiger partial charge in [-0.15, -0.1) is 11.3 Å². The fourth-order valence-corrected chi connectivity index (χ4v) is 3.91. The minimum Gasteiger partial charge on any atom is -0.396 e. The van der Waals surface area contributed by atoms with Gasteiger partial charge in [0.25, 0.3) is 0 Å². The van der Waals surface area contributed by atoms with Crippen LogP contribution < -0.4 is 5.73 Å². The maximum absolute atomic E-state index is 9.34. The first kappa shape index (κ1) is 11.4. The van der Waals surface area contributed by atoms with Gasteiger partial charge in [0.1, 0.15) is 0 Å².